The summed E-state index contributed by atoms with van der Waals surface area (Å²) in [5, 5.41) is 0. The molecule has 104 valence electrons. The SMILES string of the molecule is O=C1CC(CS)CN1CCCN1CCCCCC1. The first-order valence-electron chi connectivity index (χ1n) is 7.40. The maximum atomic E-state index is 11.8. The zero-order valence-corrected chi connectivity index (χ0v) is 12.2. The summed E-state index contributed by atoms with van der Waals surface area (Å²) in [6.45, 7) is 5.55. The summed E-state index contributed by atoms with van der Waals surface area (Å²) >= 11 is 4.30. The van der Waals surface area contributed by atoms with Gasteiger partial charge < -0.3 is 9.80 Å². The van der Waals surface area contributed by atoms with Gasteiger partial charge >= 0.3 is 0 Å². The standard InChI is InChI=1S/C14H26N2OS/c17-14-10-13(12-18)11-16(14)9-5-8-15-6-3-1-2-4-7-15/h13,18H,1-12H2. The van der Waals surface area contributed by atoms with Crippen LogP contribution in [-0.2, 0) is 4.79 Å². The van der Waals surface area contributed by atoms with E-state index in [1.54, 1.807) is 0 Å². The third-order valence-corrected chi connectivity index (χ3v) is 4.67. The van der Waals surface area contributed by atoms with Crippen LogP contribution in [-0.4, -0.2) is 54.2 Å². The molecular formula is C14H26N2OS. The van der Waals surface area contributed by atoms with Gasteiger partial charge in [0.05, 0.1) is 0 Å². The number of likely N-dealkylation sites (tertiary alicyclic amines) is 2. The average Bonchev–Trinajstić information content (AvgIpc) is 2.58. The van der Waals surface area contributed by atoms with E-state index in [1.165, 1.54) is 38.8 Å². The van der Waals surface area contributed by atoms with Crippen molar-refractivity contribution in [2.75, 3.05) is 38.5 Å². The molecule has 2 saturated heterocycles. The van der Waals surface area contributed by atoms with Gasteiger partial charge in [-0.25, -0.2) is 0 Å². The van der Waals surface area contributed by atoms with E-state index in [-0.39, 0.29) is 0 Å². The Morgan fingerprint density at radius 3 is 2.44 bits per heavy atom. The molecule has 3 nitrogen and oxygen atoms in total. The number of nitrogens with zero attached hydrogens (tertiary/aromatic N) is 2. The highest BCUT2D eigenvalue weighted by molar-refractivity contribution is 7.80. The van der Waals surface area contributed by atoms with Crippen molar-refractivity contribution >= 4 is 18.5 Å². The summed E-state index contributed by atoms with van der Waals surface area (Å²) in [7, 11) is 0. The molecule has 2 aliphatic heterocycles. The number of hydrogen-bond donors (Lipinski definition) is 1. The smallest absolute Gasteiger partial charge is 0.222 e. The lowest BCUT2D eigenvalue weighted by atomic mass is 10.1. The first-order valence-corrected chi connectivity index (χ1v) is 8.04. The minimum absolute atomic E-state index is 0.338. The molecule has 0 aromatic carbocycles. The summed E-state index contributed by atoms with van der Waals surface area (Å²) in [4.78, 5) is 16.4. The second kappa shape index (κ2) is 7.39. The van der Waals surface area contributed by atoms with Crippen molar-refractivity contribution in [1.29, 1.82) is 0 Å². The van der Waals surface area contributed by atoms with Crippen molar-refractivity contribution in [1.82, 2.24) is 9.80 Å². The van der Waals surface area contributed by atoms with Crippen molar-refractivity contribution in [3.63, 3.8) is 0 Å². The fraction of sp³-hybridized carbons (Fsp3) is 0.929. The summed E-state index contributed by atoms with van der Waals surface area (Å²) < 4.78 is 0. The number of carbonyl (C=O) groups is 1. The molecule has 0 N–H and O–H groups in total. The summed E-state index contributed by atoms with van der Waals surface area (Å²) in [6.07, 6.45) is 7.34. The molecule has 0 aromatic rings. The molecule has 1 amide bonds. The van der Waals surface area contributed by atoms with E-state index < -0.39 is 0 Å². The van der Waals surface area contributed by atoms with Crippen molar-refractivity contribution in [2.45, 2.75) is 38.5 Å². The lowest BCUT2D eigenvalue weighted by Gasteiger charge is -2.22. The minimum atomic E-state index is 0.338. The lowest BCUT2D eigenvalue weighted by Crippen LogP contribution is -2.31. The van der Waals surface area contributed by atoms with Crippen molar-refractivity contribution in [2.24, 2.45) is 5.92 Å². The lowest BCUT2D eigenvalue weighted by molar-refractivity contribution is -0.127. The molecule has 2 rings (SSSR count). The maximum absolute atomic E-state index is 11.8. The van der Waals surface area contributed by atoms with Gasteiger partial charge in [0.25, 0.3) is 0 Å². The summed E-state index contributed by atoms with van der Waals surface area (Å²) in [5.74, 6) is 1.66. The predicted molar refractivity (Wildman–Crippen MR) is 78.1 cm³/mol. The molecular weight excluding hydrogens is 244 g/mol. The highest BCUT2D eigenvalue weighted by Gasteiger charge is 2.27. The maximum Gasteiger partial charge on any atom is 0.222 e. The molecule has 0 spiro atoms. The number of hydrogen-bond acceptors (Lipinski definition) is 3. The van der Waals surface area contributed by atoms with Gasteiger partial charge in [0.2, 0.25) is 5.91 Å². The molecule has 0 bridgehead atoms. The van der Waals surface area contributed by atoms with Crippen molar-refractivity contribution in [3.8, 4) is 0 Å². The quantitative estimate of drug-likeness (QED) is 0.773. The van der Waals surface area contributed by atoms with Crippen LogP contribution in [0.3, 0.4) is 0 Å². The van der Waals surface area contributed by atoms with Gasteiger partial charge in [-0.05, 0) is 50.6 Å². The zero-order valence-electron chi connectivity index (χ0n) is 11.3. The Bertz CT molecular complexity index is 265. The Morgan fingerprint density at radius 1 is 1.11 bits per heavy atom. The van der Waals surface area contributed by atoms with Crippen LogP contribution in [0, 0.1) is 5.92 Å². The number of rotatable bonds is 5. The number of amides is 1. The number of carbonyl (C=O) groups excluding carboxylic acids is 1. The molecule has 4 heteroatoms. The third-order valence-electron chi connectivity index (χ3n) is 4.15. The van der Waals surface area contributed by atoms with Gasteiger partial charge in [0.15, 0.2) is 0 Å². The molecule has 2 fully saturated rings. The largest absolute Gasteiger partial charge is 0.342 e. The molecule has 0 saturated carbocycles. The van der Waals surface area contributed by atoms with Gasteiger partial charge in [0, 0.05) is 19.5 Å². The van der Waals surface area contributed by atoms with Crippen LogP contribution < -0.4 is 0 Å². The predicted octanol–water partition coefficient (Wildman–Crippen LogP) is 2.03. The highest BCUT2D eigenvalue weighted by Crippen LogP contribution is 2.19. The van der Waals surface area contributed by atoms with Gasteiger partial charge in [0.1, 0.15) is 0 Å². The summed E-state index contributed by atoms with van der Waals surface area (Å²) in [6, 6.07) is 0. The molecule has 0 aliphatic carbocycles. The van der Waals surface area contributed by atoms with E-state index in [0.29, 0.717) is 18.2 Å². The van der Waals surface area contributed by atoms with E-state index in [0.717, 1.165) is 31.8 Å². The van der Waals surface area contributed by atoms with Gasteiger partial charge in [-0.2, -0.15) is 12.6 Å². The fourth-order valence-electron chi connectivity index (χ4n) is 3.04. The van der Waals surface area contributed by atoms with Crippen molar-refractivity contribution in [3.05, 3.63) is 0 Å². The molecule has 0 radical (unpaired) electrons. The second-order valence-electron chi connectivity index (χ2n) is 5.70. The average molecular weight is 270 g/mol. The first kappa shape index (κ1) is 14.2. The third kappa shape index (κ3) is 4.16. The van der Waals surface area contributed by atoms with Crippen LogP contribution in [0.4, 0.5) is 0 Å². The van der Waals surface area contributed by atoms with Crippen LogP contribution in [0.1, 0.15) is 38.5 Å². The Labute approximate surface area is 116 Å². The Kier molecular flexibility index (Phi) is 5.83. The molecule has 0 aromatic heterocycles. The first-order chi connectivity index (χ1) is 8.79. The van der Waals surface area contributed by atoms with Crippen LogP contribution >= 0.6 is 12.6 Å². The van der Waals surface area contributed by atoms with E-state index >= 15 is 0 Å². The van der Waals surface area contributed by atoms with E-state index in [2.05, 4.69) is 17.5 Å². The van der Waals surface area contributed by atoms with Crippen LogP contribution in [0.25, 0.3) is 0 Å². The van der Waals surface area contributed by atoms with Gasteiger partial charge in [-0.3, -0.25) is 4.79 Å². The monoisotopic (exact) mass is 270 g/mol. The normalized spacial score (nSPS) is 26.6. The Balaban J connectivity index is 1.64. The highest BCUT2D eigenvalue weighted by atomic mass is 32.1. The van der Waals surface area contributed by atoms with E-state index in [1.807, 2.05) is 4.90 Å². The molecule has 18 heavy (non-hydrogen) atoms. The molecule has 1 unspecified atom stereocenters. The van der Waals surface area contributed by atoms with E-state index in [4.69, 9.17) is 0 Å². The summed E-state index contributed by atoms with van der Waals surface area (Å²) in [5.41, 5.74) is 0. The van der Waals surface area contributed by atoms with Crippen LogP contribution in [0.2, 0.25) is 0 Å². The Hall–Kier alpha value is -0.220. The molecule has 2 heterocycles. The Morgan fingerprint density at radius 2 is 1.83 bits per heavy atom. The fourth-order valence-corrected chi connectivity index (χ4v) is 3.28. The second-order valence-corrected chi connectivity index (χ2v) is 6.07. The van der Waals surface area contributed by atoms with Gasteiger partial charge in [-0.1, -0.05) is 12.8 Å². The molecule has 1 atom stereocenters. The molecule has 2 aliphatic rings. The minimum Gasteiger partial charge on any atom is -0.342 e. The van der Waals surface area contributed by atoms with Crippen LogP contribution in [0.5, 0.6) is 0 Å². The number of thiol groups is 1. The van der Waals surface area contributed by atoms with Crippen molar-refractivity contribution < 1.29 is 4.79 Å². The van der Waals surface area contributed by atoms with Gasteiger partial charge in [-0.15, -0.1) is 0 Å². The zero-order chi connectivity index (χ0) is 12.8. The topological polar surface area (TPSA) is 23.6 Å². The van der Waals surface area contributed by atoms with E-state index in [9.17, 15) is 4.79 Å². The van der Waals surface area contributed by atoms with Crippen LogP contribution in [0.15, 0.2) is 0 Å².